The van der Waals surface area contributed by atoms with Crippen molar-refractivity contribution < 1.29 is 4.79 Å². The van der Waals surface area contributed by atoms with Crippen LogP contribution in [0, 0.1) is 13.8 Å². The van der Waals surface area contributed by atoms with Crippen LogP contribution in [0.15, 0.2) is 42.5 Å². The van der Waals surface area contributed by atoms with E-state index in [9.17, 15) is 4.79 Å². The van der Waals surface area contributed by atoms with Crippen LogP contribution in [0.3, 0.4) is 0 Å². The van der Waals surface area contributed by atoms with E-state index in [0.29, 0.717) is 5.92 Å². The Morgan fingerprint density at radius 3 is 2.52 bits per heavy atom. The fourth-order valence-electron chi connectivity index (χ4n) is 3.18. The predicted molar refractivity (Wildman–Crippen MR) is 107 cm³/mol. The average Bonchev–Trinajstić information content (AvgIpc) is 3.04. The Morgan fingerprint density at radius 2 is 1.88 bits per heavy atom. The minimum Gasteiger partial charge on any atom is -0.308 e. The molecule has 2 aromatic rings. The molecule has 2 amide bonds. The number of urea groups is 1. The van der Waals surface area contributed by atoms with Crippen molar-refractivity contribution in [2.24, 2.45) is 0 Å². The van der Waals surface area contributed by atoms with Crippen LogP contribution in [-0.2, 0) is 0 Å². The van der Waals surface area contributed by atoms with Gasteiger partial charge in [-0.1, -0.05) is 49.7 Å². The second-order valence-electron chi connectivity index (χ2n) is 6.98. The zero-order chi connectivity index (χ0) is 18.0. The third kappa shape index (κ3) is 4.01. The summed E-state index contributed by atoms with van der Waals surface area (Å²) in [6.07, 6.45) is 0. The van der Waals surface area contributed by atoms with Crippen LogP contribution in [0.25, 0.3) is 0 Å². The molecule has 2 aromatic carbocycles. The van der Waals surface area contributed by atoms with Crippen molar-refractivity contribution in [3.63, 3.8) is 0 Å². The van der Waals surface area contributed by atoms with Crippen molar-refractivity contribution in [3.05, 3.63) is 64.7 Å². The Balaban J connectivity index is 1.74. The smallest absolute Gasteiger partial charge is 0.308 e. The summed E-state index contributed by atoms with van der Waals surface area (Å²) in [6, 6.07) is 14.6. The van der Waals surface area contributed by atoms with Crippen molar-refractivity contribution in [2.75, 3.05) is 17.6 Å². The van der Waals surface area contributed by atoms with Crippen LogP contribution in [0.5, 0.6) is 0 Å². The quantitative estimate of drug-likeness (QED) is 0.766. The third-order valence-corrected chi connectivity index (χ3v) is 5.91. The third-order valence-electron chi connectivity index (χ3n) is 4.67. The summed E-state index contributed by atoms with van der Waals surface area (Å²) in [5.41, 5.74) is 5.87. The van der Waals surface area contributed by atoms with Crippen LogP contribution in [0.1, 0.15) is 47.4 Å². The van der Waals surface area contributed by atoms with E-state index >= 15 is 0 Å². The Bertz CT molecular complexity index is 755. The molecule has 1 aliphatic rings. The van der Waals surface area contributed by atoms with Crippen molar-refractivity contribution in [1.82, 2.24) is 4.90 Å². The molecule has 0 aromatic heterocycles. The molecular formula is C21H26N2OS. The van der Waals surface area contributed by atoms with Crippen molar-refractivity contribution in [1.29, 1.82) is 0 Å². The van der Waals surface area contributed by atoms with Gasteiger partial charge in [0.1, 0.15) is 5.37 Å². The molecule has 0 bridgehead atoms. The molecule has 132 valence electrons. The average molecular weight is 355 g/mol. The van der Waals surface area contributed by atoms with Gasteiger partial charge in [-0.05, 0) is 48.6 Å². The lowest BCUT2D eigenvalue weighted by Crippen LogP contribution is -2.34. The number of hydrogen-bond acceptors (Lipinski definition) is 2. The van der Waals surface area contributed by atoms with E-state index in [1.807, 2.05) is 28.8 Å². The molecule has 4 heteroatoms. The number of benzene rings is 2. The zero-order valence-electron chi connectivity index (χ0n) is 15.4. The van der Waals surface area contributed by atoms with Crippen molar-refractivity contribution >= 4 is 23.5 Å². The van der Waals surface area contributed by atoms with Crippen LogP contribution in [0.4, 0.5) is 10.5 Å². The lowest BCUT2D eigenvalue weighted by Gasteiger charge is -2.26. The highest BCUT2D eigenvalue weighted by atomic mass is 32.2. The van der Waals surface area contributed by atoms with Gasteiger partial charge in [-0.25, -0.2) is 4.79 Å². The van der Waals surface area contributed by atoms with E-state index in [4.69, 9.17) is 0 Å². The van der Waals surface area contributed by atoms with E-state index in [1.165, 1.54) is 22.3 Å². The molecule has 1 aliphatic heterocycles. The molecule has 1 heterocycles. The summed E-state index contributed by atoms with van der Waals surface area (Å²) in [5, 5.41) is 3.15. The summed E-state index contributed by atoms with van der Waals surface area (Å²) in [5.74, 6) is 1.46. The summed E-state index contributed by atoms with van der Waals surface area (Å²) >= 11 is 1.83. The fraction of sp³-hybridized carbons (Fsp3) is 0.381. The van der Waals surface area contributed by atoms with Gasteiger partial charge < -0.3 is 10.2 Å². The van der Waals surface area contributed by atoms with E-state index in [0.717, 1.165) is 18.0 Å². The minimum absolute atomic E-state index is 0.0210. The van der Waals surface area contributed by atoms with Crippen LogP contribution in [-0.4, -0.2) is 23.2 Å². The highest BCUT2D eigenvalue weighted by Crippen LogP contribution is 2.39. The molecule has 1 N–H and O–H groups in total. The lowest BCUT2D eigenvalue weighted by atomic mass is 10.0. The van der Waals surface area contributed by atoms with E-state index < -0.39 is 0 Å². The molecule has 1 atom stereocenters. The summed E-state index contributed by atoms with van der Waals surface area (Å²) in [6.45, 7) is 9.34. The van der Waals surface area contributed by atoms with Crippen LogP contribution < -0.4 is 5.32 Å². The summed E-state index contributed by atoms with van der Waals surface area (Å²) < 4.78 is 0. The van der Waals surface area contributed by atoms with Gasteiger partial charge in [0.25, 0.3) is 0 Å². The number of carbonyl (C=O) groups excluding carboxylic acids is 1. The van der Waals surface area contributed by atoms with Crippen molar-refractivity contribution in [3.8, 4) is 0 Å². The van der Waals surface area contributed by atoms with Crippen molar-refractivity contribution in [2.45, 2.75) is 39.0 Å². The lowest BCUT2D eigenvalue weighted by molar-refractivity contribution is 0.214. The first kappa shape index (κ1) is 17.9. The highest BCUT2D eigenvalue weighted by Gasteiger charge is 2.31. The van der Waals surface area contributed by atoms with Crippen LogP contribution in [0.2, 0.25) is 0 Å². The Labute approximate surface area is 154 Å². The topological polar surface area (TPSA) is 32.3 Å². The first-order chi connectivity index (χ1) is 12.0. The molecule has 1 fully saturated rings. The molecule has 25 heavy (non-hydrogen) atoms. The largest absolute Gasteiger partial charge is 0.323 e. The first-order valence-corrected chi connectivity index (χ1v) is 9.87. The Kier molecular flexibility index (Phi) is 5.38. The van der Waals surface area contributed by atoms with Gasteiger partial charge in [-0.3, -0.25) is 0 Å². The van der Waals surface area contributed by atoms with Gasteiger partial charge in [-0.2, -0.15) is 0 Å². The molecule has 1 unspecified atom stereocenters. The molecule has 3 rings (SSSR count). The maximum Gasteiger partial charge on any atom is 0.323 e. The summed E-state index contributed by atoms with van der Waals surface area (Å²) in [4.78, 5) is 14.7. The van der Waals surface area contributed by atoms with Gasteiger partial charge >= 0.3 is 6.03 Å². The summed E-state index contributed by atoms with van der Waals surface area (Å²) in [7, 11) is 0. The first-order valence-electron chi connectivity index (χ1n) is 8.82. The normalized spacial score (nSPS) is 17.2. The molecule has 0 spiro atoms. The van der Waals surface area contributed by atoms with Gasteiger partial charge in [-0.15, -0.1) is 11.8 Å². The number of hydrogen-bond donors (Lipinski definition) is 1. The minimum atomic E-state index is -0.0210. The number of anilines is 1. The molecule has 0 saturated carbocycles. The Hall–Kier alpha value is -1.94. The maximum atomic E-state index is 12.8. The number of aryl methyl sites for hydroxylation is 2. The molecule has 3 nitrogen and oxygen atoms in total. The predicted octanol–water partition coefficient (Wildman–Crippen LogP) is 5.71. The van der Waals surface area contributed by atoms with Gasteiger partial charge in [0, 0.05) is 18.0 Å². The van der Waals surface area contributed by atoms with Crippen LogP contribution >= 0.6 is 11.8 Å². The van der Waals surface area contributed by atoms with E-state index in [-0.39, 0.29) is 11.4 Å². The SMILES string of the molecule is Cc1ccc(C2SCCN2C(=O)Nc2ccc(C(C)C)cc2)c(C)c1. The number of thioether (sulfide) groups is 1. The highest BCUT2D eigenvalue weighted by molar-refractivity contribution is 7.99. The molecule has 1 saturated heterocycles. The van der Waals surface area contributed by atoms with Gasteiger partial charge in [0.05, 0.1) is 0 Å². The second kappa shape index (κ2) is 7.52. The zero-order valence-corrected chi connectivity index (χ0v) is 16.2. The number of amides is 2. The molecule has 0 aliphatic carbocycles. The molecular weight excluding hydrogens is 328 g/mol. The maximum absolute atomic E-state index is 12.8. The number of nitrogens with one attached hydrogen (secondary N) is 1. The standard InChI is InChI=1S/C21H26N2OS/c1-14(2)17-6-8-18(9-7-17)22-21(24)23-11-12-25-20(23)19-10-5-15(3)13-16(19)4/h5-10,13-14,20H,11-12H2,1-4H3,(H,22,24). The molecule has 0 radical (unpaired) electrons. The number of rotatable bonds is 3. The van der Waals surface area contributed by atoms with Gasteiger partial charge in [0.15, 0.2) is 0 Å². The monoisotopic (exact) mass is 354 g/mol. The number of carbonyl (C=O) groups is 1. The van der Waals surface area contributed by atoms with E-state index in [1.54, 1.807) is 0 Å². The number of nitrogens with zero attached hydrogens (tertiary/aromatic N) is 1. The second-order valence-corrected chi connectivity index (χ2v) is 8.17. The van der Waals surface area contributed by atoms with Gasteiger partial charge in [0.2, 0.25) is 0 Å². The Morgan fingerprint density at radius 1 is 1.16 bits per heavy atom. The fourth-order valence-corrected chi connectivity index (χ4v) is 4.54. The van der Waals surface area contributed by atoms with E-state index in [2.05, 4.69) is 63.3 Å².